The molecule has 1 aliphatic heterocycles. The van der Waals surface area contributed by atoms with Crippen LogP contribution in [0.4, 0.5) is 0 Å². The molecule has 1 N–H and O–H groups in total. The molecule has 7 heteroatoms. The molecule has 5 nitrogen and oxygen atoms in total. The number of halogens is 1. The Kier molecular flexibility index (Phi) is 8.09. The SMILES string of the molecule is CCCNC(=O)CCC(=O)N1CCN(Cc2ccc(-c3ccccc3Cl)s2)CC1. The molecule has 2 heterocycles. The van der Waals surface area contributed by atoms with Crippen LogP contribution in [0.3, 0.4) is 0 Å². The fourth-order valence-corrected chi connectivity index (χ4v) is 4.76. The van der Waals surface area contributed by atoms with Gasteiger partial charge >= 0.3 is 0 Å². The van der Waals surface area contributed by atoms with Gasteiger partial charge < -0.3 is 10.2 Å². The molecule has 1 aromatic heterocycles. The van der Waals surface area contributed by atoms with Crippen molar-refractivity contribution in [3.8, 4) is 10.4 Å². The topological polar surface area (TPSA) is 52.7 Å². The summed E-state index contributed by atoms with van der Waals surface area (Å²) in [6.07, 6.45) is 1.48. The molecule has 0 atom stereocenters. The predicted molar refractivity (Wildman–Crippen MR) is 119 cm³/mol. The molecule has 2 aromatic rings. The summed E-state index contributed by atoms with van der Waals surface area (Å²) in [6, 6.07) is 12.2. The van der Waals surface area contributed by atoms with Gasteiger partial charge in [0.25, 0.3) is 0 Å². The van der Waals surface area contributed by atoms with Gasteiger partial charge in [-0.25, -0.2) is 0 Å². The lowest BCUT2D eigenvalue weighted by Gasteiger charge is -2.34. The average Bonchev–Trinajstić information content (AvgIpc) is 3.19. The summed E-state index contributed by atoms with van der Waals surface area (Å²) >= 11 is 8.08. The summed E-state index contributed by atoms with van der Waals surface area (Å²) in [5, 5.41) is 3.59. The Morgan fingerprint density at radius 2 is 1.83 bits per heavy atom. The van der Waals surface area contributed by atoms with E-state index in [1.807, 2.05) is 36.1 Å². The Morgan fingerprint density at radius 1 is 1.07 bits per heavy atom. The van der Waals surface area contributed by atoms with Gasteiger partial charge in [-0.15, -0.1) is 11.3 Å². The molecule has 29 heavy (non-hydrogen) atoms. The number of hydrogen-bond donors (Lipinski definition) is 1. The minimum atomic E-state index is -0.0362. The minimum absolute atomic E-state index is 0.0362. The number of nitrogens with zero attached hydrogens (tertiary/aromatic N) is 2. The number of carbonyl (C=O) groups excluding carboxylic acids is 2. The van der Waals surface area contributed by atoms with Crippen LogP contribution in [0.5, 0.6) is 0 Å². The van der Waals surface area contributed by atoms with Gasteiger partial charge in [-0.05, 0) is 24.6 Å². The third-order valence-corrected chi connectivity index (χ3v) is 6.48. The monoisotopic (exact) mass is 433 g/mol. The van der Waals surface area contributed by atoms with E-state index in [0.717, 1.165) is 49.7 Å². The third-order valence-electron chi connectivity index (χ3n) is 5.04. The smallest absolute Gasteiger partial charge is 0.223 e. The second-order valence-electron chi connectivity index (χ2n) is 7.25. The van der Waals surface area contributed by atoms with Crippen molar-refractivity contribution in [2.75, 3.05) is 32.7 Å². The molecule has 0 unspecified atom stereocenters. The number of amides is 2. The number of hydrogen-bond acceptors (Lipinski definition) is 4. The van der Waals surface area contributed by atoms with Gasteiger partial charge in [-0.2, -0.15) is 0 Å². The van der Waals surface area contributed by atoms with E-state index in [1.54, 1.807) is 11.3 Å². The van der Waals surface area contributed by atoms with Crippen molar-refractivity contribution >= 4 is 34.8 Å². The standard InChI is InChI=1S/C22H28ClN3O2S/c1-2-11-24-21(27)9-10-22(28)26-14-12-25(13-15-26)16-17-7-8-20(29-17)18-5-3-4-6-19(18)23/h3-8H,2,9-16H2,1H3,(H,24,27). The Bertz CT molecular complexity index is 831. The first-order valence-electron chi connectivity index (χ1n) is 10.2. The molecule has 1 saturated heterocycles. The molecule has 0 saturated carbocycles. The molecular weight excluding hydrogens is 406 g/mol. The summed E-state index contributed by atoms with van der Waals surface area (Å²) in [6.45, 7) is 6.72. The first-order valence-corrected chi connectivity index (χ1v) is 11.4. The summed E-state index contributed by atoms with van der Waals surface area (Å²) in [5.41, 5.74) is 1.07. The van der Waals surface area contributed by atoms with Crippen LogP contribution in [0.1, 0.15) is 31.1 Å². The highest BCUT2D eigenvalue weighted by atomic mass is 35.5. The van der Waals surface area contributed by atoms with E-state index in [9.17, 15) is 9.59 Å². The van der Waals surface area contributed by atoms with Gasteiger partial charge in [0, 0.05) is 72.5 Å². The second-order valence-corrected chi connectivity index (χ2v) is 8.83. The maximum absolute atomic E-state index is 12.4. The minimum Gasteiger partial charge on any atom is -0.356 e. The fourth-order valence-electron chi connectivity index (χ4n) is 3.38. The van der Waals surface area contributed by atoms with E-state index in [-0.39, 0.29) is 18.2 Å². The maximum atomic E-state index is 12.4. The maximum Gasteiger partial charge on any atom is 0.223 e. The van der Waals surface area contributed by atoms with Crippen LogP contribution in [-0.4, -0.2) is 54.3 Å². The average molecular weight is 434 g/mol. The Morgan fingerprint density at radius 3 is 2.55 bits per heavy atom. The molecule has 1 fully saturated rings. The Balaban J connectivity index is 1.44. The summed E-state index contributed by atoms with van der Waals surface area (Å²) < 4.78 is 0. The van der Waals surface area contributed by atoms with Crippen LogP contribution in [0.2, 0.25) is 5.02 Å². The van der Waals surface area contributed by atoms with Crippen LogP contribution in [0.25, 0.3) is 10.4 Å². The van der Waals surface area contributed by atoms with Gasteiger partial charge in [0.1, 0.15) is 0 Å². The second kappa shape index (κ2) is 10.8. The highest BCUT2D eigenvalue weighted by molar-refractivity contribution is 7.15. The lowest BCUT2D eigenvalue weighted by molar-refractivity contribution is -0.135. The van der Waals surface area contributed by atoms with Crippen molar-refractivity contribution in [3.63, 3.8) is 0 Å². The zero-order valence-electron chi connectivity index (χ0n) is 16.8. The quantitative estimate of drug-likeness (QED) is 0.684. The third kappa shape index (κ3) is 6.29. The Hall–Kier alpha value is -1.89. The van der Waals surface area contributed by atoms with E-state index in [1.165, 1.54) is 9.75 Å². The molecule has 156 valence electrons. The highest BCUT2D eigenvalue weighted by Crippen LogP contribution is 2.33. The van der Waals surface area contributed by atoms with Crippen molar-refractivity contribution in [1.29, 1.82) is 0 Å². The van der Waals surface area contributed by atoms with Gasteiger partial charge in [0.05, 0.1) is 0 Å². The van der Waals surface area contributed by atoms with Gasteiger partial charge in [-0.1, -0.05) is 36.7 Å². The molecule has 1 aliphatic rings. The molecule has 0 aliphatic carbocycles. The predicted octanol–water partition coefficient (Wildman–Crippen LogP) is 4.02. The van der Waals surface area contributed by atoms with E-state index < -0.39 is 0 Å². The summed E-state index contributed by atoms with van der Waals surface area (Å²) in [5.74, 6) is 0.0410. The first-order chi connectivity index (χ1) is 14.1. The van der Waals surface area contributed by atoms with Gasteiger partial charge in [0.2, 0.25) is 11.8 Å². The normalized spacial score (nSPS) is 14.8. The molecular formula is C22H28ClN3O2S. The van der Waals surface area contributed by atoms with Crippen molar-refractivity contribution in [2.24, 2.45) is 0 Å². The van der Waals surface area contributed by atoms with Crippen molar-refractivity contribution < 1.29 is 9.59 Å². The van der Waals surface area contributed by atoms with Crippen molar-refractivity contribution in [3.05, 3.63) is 46.3 Å². The van der Waals surface area contributed by atoms with Crippen LogP contribution in [0.15, 0.2) is 36.4 Å². The van der Waals surface area contributed by atoms with E-state index in [4.69, 9.17) is 11.6 Å². The Labute approximate surface area is 181 Å². The van der Waals surface area contributed by atoms with Crippen LogP contribution in [-0.2, 0) is 16.1 Å². The number of thiophene rings is 1. The number of carbonyl (C=O) groups is 2. The van der Waals surface area contributed by atoms with Gasteiger partial charge in [-0.3, -0.25) is 14.5 Å². The molecule has 3 rings (SSSR count). The molecule has 2 amide bonds. The number of nitrogens with one attached hydrogen (secondary N) is 1. The summed E-state index contributed by atoms with van der Waals surface area (Å²) in [7, 11) is 0. The largest absolute Gasteiger partial charge is 0.356 e. The van der Waals surface area contributed by atoms with E-state index >= 15 is 0 Å². The van der Waals surface area contributed by atoms with E-state index in [0.29, 0.717) is 13.0 Å². The summed E-state index contributed by atoms with van der Waals surface area (Å²) in [4.78, 5) is 30.8. The lowest BCUT2D eigenvalue weighted by atomic mass is 10.2. The van der Waals surface area contributed by atoms with Crippen LogP contribution < -0.4 is 5.32 Å². The zero-order chi connectivity index (χ0) is 20.6. The number of rotatable bonds is 8. The zero-order valence-corrected chi connectivity index (χ0v) is 18.4. The molecule has 0 spiro atoms. The van der Waals surface area contributed by atoms with Crippen molar-refractivity contribution in [2.45, 2.75) is 32.7 Å². The van der Waals surface area contributed by atoms with Gasteiger partial charge in [0.15, 0.2) is 0 Å². The fraction of sp³-hybridized carbons (Fsp3) is 0.455. The number of benzene rings is 1. The van der Waals surface area contributed by atoms with E-state index in [2.05, 4.69) is 22.3 Å². The highest BCUT2D eigenvalue weighted by Gasteiger charge is 2.22. The van der Waals surface area contributed by atoms with Crippen LogP contribution in [0, 0.1) is 0 Å². The van der Waals surface area contributed by atoms with Crippen molar-refractivity contribution in [1.82, 2.24) is 15.1 Å². The molecule has 0 bridgehead atoms. The first kappa shape index (κ1) is 21.8. The lowest BCUT2D eigenvalue weighted by Crippen LogP contribution is -2.48. The molecule has 0 radical (unpaired) electrons. The van der Waals surface area contributed by atoms with Crippen LogP contribution >= 0.6 is 22.9 Å². The molecule has 1 aromatic carbocycles. The number of piperazine rings is 1.